The smallest absolute Gasteiger partial charge is 0.270 e. The van der Waals surface area contributed by atoms with Crippen LogP contribution in [-0.2, 0) is 4.79 Å². The molecule has 1 aromatic carbocycles. The van der Waals surface area contributed by atoms with Gasteiger partial charge in [-0.2, -0.15) is 5.10 Å². The van der Waals surface area contributed by atoms with Gasteiger partial charge >= 0.3 is 0 Å². The van der Waals surface area contributed by atoms with Gasteiger partial charge < -0.3 is 11.1 Å². The van der Waals surface area contributed by atoms with Gasteiger partial charge in [-0.1, -0.05) is 37.5 Å². The van der Waals surface area contributed by atoms with Crippen molar-refractivity contribution >= 4 is 11.8 Å². The highest BCUT2D eigenvalue weighted by molar-refractivity contribution is 5.95. The summed E-state index contributed by atoms with van der Waals surface area (Å²) in [4.78, 5) is 23.4. The van der Waals surface area contributed by atoms with Crippen LogP contribution < -0.4 is 11.1 Å². The summed E-state index contributed by atoms with van der Waals surface area (Å²) in [6.45, 7) is -0.183. The fraction of sp³-hybridized carbons (Fsp3) is 0.389. The van der Waals surface area contributed by atoms with E-state index in [0.29, 0.717) is 11.6 Å². The standard InChI is InChI=1S/C18H22N4O2/c19-17(23)12-20-18(24)16-11-15(13-7-3-1-4-8-13)21-22(16)14-9-5-2-6-10-14/h2,5-6,9-11,13H,1,3-4,7-8,12H2,(H2,19,23)(H,20,24). The fourth-order valence-electron chi connectivity index (χ4n) is 3.18. The van der Waals surface area contributed by atoms with Gasteiger partial charge in [0.05, 0.1) is 17.9 Å². The first-order chi connectivity index (χ1) is 11.6. The third kappa shape index (κ3) is 3.64. The molecular formula is C18H22N4O2. The Balaban J connectivity index is 1.93. The molecule has 0 spiro atoms. The lowest BCUT2D eigenvalue weighted by Crippen LogP contribution is -2.34. The minimum atomic E-state index is -0.568. The van der Waals surface area contributed by atoms with E-state index in [1.807, 2.05) is 36.4 Å². The summed E-state index contributed by atoms with van der Waals surface area (Å²) in [5.41, 5.74) is 7.32. The number of nitrogens with two attached hydrogens (primary N) is 1. The number of carbonyl (C=O) groups is 2. The van der Waals surface area contributed by atoms with E-state index in [9.17, 15) is 9.59 Å². The number of hydrogen-bond acceptors (Lipinski definition) is 3. The summed E-state index contributed by atoms with van der Waals surface area (Å²) < 4.78 is 1.65. The fourth-order valence-corrected chi connectivity index (χ4v) is 3.18. The van der Waals surface area contributed by atoms with Crippen molar-refractivity contribution < 1.29 is 9.59 Å². The first-order valence-corrected chi connectivity index (χ1v) is 8.37. The van der Waals surface area contributed by atoms with Crippen LogP contribution in [0.1, 0.15) is 54.2 Å². The van der Waals surface area contributed by atoms with Crippen molar-refractivity contribution in [3.8, 4) is 5.69 Å². The second-order valence-electron chi connectivity index (χ2n) is 6.19. The molecule has 0 atom stereocenters. The van der Waals surface area contributed by atoms with E-state index in [1.54, 1.807) is 4.68 Å². The van der Waals surface area contributed by atoms with Crippen molar-refractivity contribution in [2.45, 2.75) is 38.0 Å². The average molecular weight is 326 g/mol. The minimum absolute atomic E-state index is 0.183. The van der Waals surface area contributed by atoms with Gasteiger partial charge in [0.2, 0.25) is 5.91 Å². The SMILES string of the molecule is NC(=O)CNC(=O)c1cc(C2CCCCC2)nn1-c1ccccc1. The number of benzene rings is 1. The number of aromatic nitrogens is 2. The molecule has 2 amide bonds. The number of nitrogens with zero attached hydrogens (tertiary/aromatic N) is 2. The van der Waals surface area contributed by atoms with E-state index < -0.39 is 5.91 Å². The van der Waals surface area contributed by atoms with Crippen LogP contribution in [0.3, 0.4) is 0 Å². The van der Waals surface area contributed by atoms with Crippen LogP contribution in [-0.4, -0.2) is 28.1 Å². The topological polar surface area (TPSA) is 90.0 Å². The quantitative estimate of drug-likeness (QED) is 0.882. The number of nitrogens with one attached hydrogen (secondary N) is 1. The van der Waals surface area contributed by atoms with Crippen LogP contribution >= 0.6 is 0 Å². The highest BCUT2D eigenvalue weighted by Gasteiger charge is 2.23. The molecule has 1 aliphatic carbocycles. The summed E-state index contributed by atoms with van der Waals surface area (Å²) in [6, 6.07) is 11.4. The Morgan fingerprint density at radius 2 is 1.88 bits per heavy atom. The Bertz CT molecular complexity index is 718. The summed E-state index contributed by atoms with van der Waals surface area (Å²) in [7, 11) is 0. The number of amides is 2. The molecule has 6 heteroatoms. The van der Waals surface area contributed by atoms with Crippen LogP contribution in [0, 0.1) is 0 Å². The van der Waals surface area contributed by atoms with E-state index >= 15 is 0 Å². The monoisotopic (exact) mass is 326 g/mol. The summed E-state index contributed by atoms with van der Waals surface area (Å²) in [5.74, 6) is -0.514. The Kier molecular flexibility index (Phi) is 4.93. The zero-order valence-corrected chi connectivity index (χ0v) is 13.6. The van der Waals surface area contributed by atoms with Crippen LogP contribution in [0.5, 0.6) is 0 Å². The van der Waals surface area contributed by atoms with Crippen LogP contribution in [0.4, 0.5) is 0 Å². The predicted molar refractivity (Wildman–Crippen MR) is 90.9 cm³/mol. The van der Waals surface area contributed by atoms with Gasteiger partial charge in [-0.25, -0.2) is 4.68 Å². The maximum atomic E-state index is 12.5. The Labute approximate surface area is 141 Å². The predicted octanol–water partition coefficient (Wildman–Crippen LogP) is 2.14. The zero-order valence-electron chi connectivity index (χ0n) is 13.6. The van der Waals surface area contributed by atoms with E-state index in [-0.39, 0.29) is 12.5 Å². The van der Waals surface area contributed by atoms with Crippen molar-refractivity contribution in [1.29, 1.82) is 0 Å². The number of rotatable bonds is 5. The molecular weight excluding hydrogens is 304 g/mol. The van der Waals surface area contributed by atoms with Crippen LogP contribution in [0.25, 0.3) is 5.69 Å². The highest BCUT2D eigenvalue weighted by atomic mass is 16.2. The molecule has 6 nitrogen and oxygen atoms in total. The average Bonchev–Trinajstić information content (AvgIpc) is 3.06. The van der Waals surface area contributed by atoms with Crippen LogP contribution in [0.15, 0.2) is 36.4 Å². The number of carbonyl (C=O) groups excluding carboxylic acids is 2. The Hall–Kier alpha value is -2.63. The van der Waals surface area contributed by atoms with Gasteiger partial charge in [-0.05, 0) is 31.0 Å². The second-order valence-corrected chi connectivity index (χ2v) is 6.19. The molecule has 126 valence electrons. The third-order valence-corrected chi connectivity index (χ3v) is 4.41. The molecule has 3 N–H and O–H groups in total. The lowest BCUT2D eigenvalue weighted by Gasteiger charge is -2.19. The molecule has 2 aromatic rings. The molecule has 1 aromatic heterocycles. The number of hydrogen-bond donors (Lipinski definition) is 2. The number of para-hydroxylation sites is 1. The first-order valence-electron chi connectivity index (χ1n) is 8.37. The maximum absolute atomic E-state index is 12.5. The maximum Gasteiger partial charge on any atom is 0.270 e. The van der Waals surface area contributed by atoms with E-state index in [2.05, 4.69) is 5.32 Å². The highest BCUT2D eigenvalue weighted by Crippen LogP contribution is 2.32. The first kappa shape index (κ1) is 16.2. The molecule has 0 aliphatic heterocycles. The van der Waals surface area contributed by atoms with Gasteiger partial charge in [0.25, 0.3) is 5.91 Å². The van der Waals surface area contributed by atoms with Crippen molar-refractivity contribution in [1.82, 2.24) is 15.1 Å². The molecule has 0 bridgehead atoms. The Morgan fingerprint density at radius 1 is 1.17 bits per heavy atom. The number of primary amides is 1. The van der Waals surface area contributed by atoms with Crippen molar-refractivity contribution in [3.05, 3.63) is 47.8 Å². The van der Waals surface area contributed by atoms with Crippen molar-refractivity contribution in [2.75, 3.05) is 6.54 Å². The molecule has 1 fully saturated rings. The van der Waals surface area contributed by atoms with E-state index in [4.69, 9.17) is 10.8 Å². The molecule has 24 heavy (non-hydrogen) atoms. The summed E-state index contributed by atoms with van der Waals surface area (Å²) >= 11 is 0. The largest absolute Gasteiger partial charge is 0.368 e. The minimum Gasteiger partial charge on any atom is -0.368 e. The van der Waals surface area contributed by atoms with Crippen molar-refractivity contribution in [3.63, 3.8) is 0 Å². The van der Waals surface area contributed by atoms with Gasteiger partial charge in [-0.3, -0.25) is 9.59 Å². The molecule has 0 unspecified atom stereocenters. The molecule has 1 heterocycles. The lowest BCUT2D eigenvalue weighted by atomic mass is 9.87. The van der Waals surface area contributed by atoms with E-state index in [1.165, 1.54) is 19.3 Å². The van der Waals surface area contributed by atoms with Crippen LogP contribution in [0.2, 0.25) is 0 Å². The second kappa shape index (κ2) is 7.29. The third-order valence-electron chi connectivity index (χ3n) is 4.41. The summed E-state index contributed by atoms with van der Waals surface area (Å²) in [5, 5.41) is 7.24. The molecule has 3 rings (SSSR count). The summed E-state index contributed by atoms with van der Waals surface area (Å²) in [6.07, 6.45) is 5.88. The van der Waals surface area contributed by atoms with Gasteiger partial charge in [0.15, 0.2) is 0 Å². The van der Waals surface area contributed by atoms with Gasteiger partial charge in [-0.15, -0.1) is 0 Å². The lowest BCUT2D eigenvalue weighted by molar-refractivity contribution is -0.117. The Morgan fingerprint density at radius 3 is 2.54 bits per heavy atom. The molecule has 0 radical (unpaired) electrons. The molecule has 1 saturated carbocycles. The molecule has 1 aliphatic rings. The normalized spacial score (nSPS) is 15.2. The van der Waals surface area contributed by atoms with Gasteiger partial charge in [0, 0.05) is 5.92 Å². The van der Waals surface area contributed by atoms with E-state index in [0.717, 1.165) is 24.2 Å². The zero-order chi connectivity index (χ0) is 16.9. The van der Waals surface area contributed by atoms with Gasteiger partial charge in [0.1, 0.15) is 5.69 Å². The molecule has 0 saturated heterocycles. The van der Waals surface area contributed by atoms with Crippen molar-refractivity contribution in [2.24, 2.45) is 5.73 Å².